The van der Waals surface area contributed by atoms with Crippen LogP contribution in [0.4, 0.5) is 5.69 Å². The molecule has 17 heavy (non-hydrogen) atoms. The number of rotatable bonds is 5. The van der Waals surface area contributed by atoms with E-state index in [4.69, 9.17) is 4.74 Å². The van der Waals surface area contributed by atoms with E-state index >= 15 is 0 Å². The molecule has 4 nitrogen and oxygen atoms in total. The van der Waals surface area contributed by atoms with E-state index < -0.39 is 0 Å². The van der Waals surface area contributed by atoms with Crippen LogP contribution in [0.3, 0.4) is 0 Å². The highest BCUT2D eigenvalue weighted by molar-refractivity contribution is 5.99. The number of benzene rings is 1. The molecule has 92 valence electrons. The van der Waals surface area contributed by atoms with Gasteiger partial charge in [-0.25, -0.2) is 0 Å². The van der Waals surface area contributed by atoms with Gasteiger partial charge in [0.05, 0.1) is 13.2 Å². The van der Waals surface area contributed by atoms with Gasteiger partial charge in [0.25, 0.3) is 0 Å². The normalized spacial score (nSPS) is 10.5. The minimum Gasteiger partial charge on any atom is -0.494 e. The molecule has 0 aliphatic heterocycles. The largest absolute Gasteiger partial charge is 0.494 e. The minimum absolute atomic E-state index is 0.122. The van der Waals surface area contributed by atoms with Gasteiger partial charge < -0.3 is 15.2 Å². The maximum absolute atomic E-state index is 11.3. The quantitative estimate of drug-likeness (QED) is 0.768. The lowest BCUT2D eigenvalue weighted by Gasteiger charge is -2.10. The molecule has 1 aromatic carbocycles. The summed E-state index contributed by atoms with van der Waals surface area (Å²) in [6, 6.07) is 5.18. The van der Waals surface area contributed by atoms with E-state index in [0.29, 0.717) is 23.6 Å². The lowest BCUT2D eigenvalue weighted by atomic mass is 10.2. The monoisotopic (exact) mass is 235 g/mol. The molecule has 0 unspecified atom stereocenters. The van der Waals surface area contributed by atoms with Gasteiger partial charge in [0.15, 0.2) is 0 Å². The molecule has 0 fully saturated rings. The molecule has 1 amide bonds. The van der Waals surface area contributed by atoms with Crippen molar-refractivity contribution in [1.82, 2.24) is 0 Å². The molecule has 1 aromatic rings. The van der Waals surface area contributed by atoms with Gasteiger partial charge in [0, 0.05) is 11.3 Å². The second kappa shape index (κ2) is 6.70. The van der Waals surface area contributed by atoms with E-state index in [1.165, 1.54) is 6.08 Å². The highest BCUT2D eigenvalue weighted by Crippen LogP contribution is 2.23. The van der Waals surface area contributed by atoms with Crippen molar-refractivity contribution in [3.05, 3.63) is 35.9 Å². The van der Waals surface area contributed by atoms with E-state index in [2.05, 4.69) is 5.32 Å². The number of aliphatic hydroxyl groups excluding tert-OH is 1. The van der Waals surface area contributed by atoms with Crippen LogP contribution in [-0.4, -0.2) is 17.6 Å². The number of hydrogen-bond donors (Lipinski definition) is 2. The fraction of sp³-hybridized carbons (Fsp3) is 0.308. The first-order valence-electron chi connectivity index (χ1n) is 5.51. The number of allylic oxidation sites excluding steroid dienone is 1. The molecule has 0 saturated carbocycles. The van der Waals surface area contributed by atoms with Crippen LogP contribution in [0.2, 0.25) is 0 Å². The zero-order valence-electron chi connectivity index (χ0n) is 10.1. The highest BCUT2D eigenvalue weighted by atomic mass is 16.5. The molecule has 0 aromatic heterocycles. The van der Waals surface area contributed by atoms with Gasteiger partial charge in [-0.05, 0) is 38.1 Å². The Morgan fingerprint density at radius 2 is 2.29 bits per heavy atom. The first-order valence-corrected chi connectivity index (χ1v) is 5.51. The van der Waals surface area contributed by atoms with Crippen molar-refractivity contribution in [1.29, 1.82) is 0 Å². The van der Waals surface area contributed by atoms with Crippen molar-refractivity contribution < 1.29 is 14.6 Å². The molecule has 0 bridgehead atoms. The number of aliphatic hydroxyl groups is 1. The summed E-state index contributed by atoms with van der Waals surface area (Å²) in [5.74, 6) is 0.444. The van der Waals surface area contributed by atoms with Crippen molar-refractivity contribution in [2.45, 2.75) is 20.5 Å². The summed E-state index contributed by atoms with van der Waals surface area (Å²) in [4.78, 5) is 11.3. The third kappa shape index (κ3) is 3.92. The Morgan fingerprint density at radius 3 is 2.88 bits per heavy atom. The molecule has 2 N–H and O–H groups in total. The summed E-state index contributed by atoms with van der Waals surface area (Å²) in [5, 5.41) is 11.9. The third-order valence-electron chi connectivity index (χ3n) is 2.12. The van der Waals surface area contributed by atoms with E-state index in [1.54, 1.807) is 31.2 Å². The standard InChI is InChI=1S/C13H17NO3/c1-3-5-13(16)14-11-6-7-12(17-4-2)10(8-11)9-15/h3,5-8,15H,4,9H2,1-2H3,(H,14,16). The van der Waals surface area contributed by atoms with Gasteiger partial charge in [0.2, 0.25) is 5.91 Å². The van der Waals surface area contributed by atoms with E-state index in [0.717, 1.165) is 0 Å². The lowest BCUT2D eigenvalue weighted by Crippen LogP contribution is -2.08. The van der Waals surface area contributed by atoms with Gasteiger partial charge in [-0.15, -0.1) is 0 Å². The molecule has 0 saturated heterocycles. The predicted octanol–water partition coefficient (Wildman–Crippen LogP) is 2.09. The molecule has 0 atom stereocenters. The summed E-state index contributed by atoms with van der Waals surface area (Å²) >= 11 is 0. The number of nitrogens with one attached hydrogen (secondary N) is 1. The number of anilines is 1. The molecule has 0 aliphatic carbocycles. The zero-order chi connectivity index (χ0) is 12.7. The van der Waals surface area contributed by atoms with Crippen LogP contribution in [0.1, 0.15) is 19.4 Å². The molecular formula is C13H17NO3. The van der Waals surface area contributed by atoms with Crippen LogP contribution >= 0.6 is 0 Å². The van der Waals surface area contributed by atoms with Crippen LogP contribution in [0.5, 0.6) is 5.75 Å². The third-order valence-corrected chi connectivity index (χ3v) is 2.12. The Labute approximate surface area is 101 Å². The van der Waals surface area contributed by atoms with E-state index in [9.17, 15) is 9.90 Å². The molecule has 0 aliphatic rings. The number of amides is 1. The number of hydrogen-bond acceptors (Lipinski definition) is 3. The first-order chi connectivity index (χ1) is 8.21. The van der Waals surface area contributed by atoms with Crippen LogP contribution in [0, 0.1) is 0 Å². The van der Waals surface area contributed by atoms with Crippen LogP contribution in [0.15, 0.2) is 30.4 Å². The Morgan fingerprint density at radius 1 is 1.53 bits per heavy atom. The number of ether oxygens (including phenoxy) is 1. The van der Waals surface area contributed by atoms with Crippen molar-refractivity contribution in [3.8, 4) is 5.75 Å². The van der Waals surface area contributed by atoms with E-state index in [-0.39, 0.29) is 12.5 Å². The summed E-state index contributed by atoms with van der Waals surface area (Å²) in [6.45, 7) is 4.07. The highest BCUT2D eigenvalue weighted by Gasteiger charge is 2.05. The fourth-order valence-electron chi connectivity index (χ4n) is 1.41. The average Bonchev–Trinajstić information content (AvgIpc) is 2.31. The maximum atomic E-state index is 11.3. The maximum Gasteiger partial charge on any atom is 0.248 e. The Balaban J connectivity index is 2.85. The van der Waals surface area contributed by atoms with Crippen molar-refractivity contribution in [2.75, 3.05) is 11.9 Å². The number of carbonyl (C=O) groups is 1. The molecule has 1 rings (SSSR count). The zero-order valence-corrected chi connectivity index (χ0v) is 10.1. The smallest absolute Gasteiger partial charge is 0.248 e. The first kappa shape index (κ1) is 13.3. The van der Waals surface area contributed by atoms with Crippen molar-refractivity contribution in [3.63, 3.8) is 0 Å². The van der Waals surface area contributed by atoms with Gasteiger partial charge in [-0.3, -0.25) is 4.79 Å². The Kier molecular flexibility index (Phi) is 5.23. The molecule has 0 heterocycles. The van der Waals surface area contributed by atoms with Gasteiger partial charge in [-0.2, -0.15) is 0 Å². The Hall–Kier alpha value is -1.81. The van der Waals surface area contributed by atoms with Gasteiger partial charge >= 0.3 is 0 Å². The molecular weight excluding hydrogens is 218 g/mol. The second-order valence-corrected chi connectivity index (χ2v) is 3.40. The fourth-order valence-corrected chi connectivity index (χ4v) is 1.41. The summed E-state index contributed by atoms with van der Waals surface area (Å²) in [6.07, 6.45) is 3.10. The summed E-state index contributed by atoms with van der Waals surface area (Å²) in [5.41, 5.74) is 1.30. The lowest BCUT2D eigenvalue weighted by molar-refractivity contribution is -0.111. The van der Waals surface area contributed by atoms with Crippen molar-refractivity contribution >= 4 is 11.6 Å². The van der Waals surface area contributed by atoms with Crippen molar-refractivity contribution in [2.24, 2.45) is 0 Å². The minimum atomic E-state index is -0.194. The SMILES string of the molecule is CC=CC(=O)Nc1ccc(OCC)c(CO)c1. The van der Waals surface area contributed by atoms with Gasteiger partial charge in [0.1, 0.15) is 5.75 Å². The van der Waals surface area contributed by atoms with Crippen LogP contribution in [-0.2, 0) is 11.4 Å². The summed E-state index contributed by atoms with van der Waals surface area (Å²) < 4.78 is 5.35. The number of carbonyl (C=O) groups excluding carboxylic acids is 1. The predicted molar refractivity (Wildman–Crippen MR) is 67.0 cm³/mol. The molecule has 4 heteroatoms. The topological polar surface area (TPSA) is 58.6 Å². The average molecular weight is 235 g/mol. The van der Waals surface area contributed by atoms with E-state index in [1.807, 2.05) is 6.92 Å². The van der Waals surface area contributed by atoms with Crippen LogP contribution < -0.4 is 10.1 Å². The van der Waals surface area contributed by atoms with Gasteiger partial charge in [-0.1, -0.05) is 6.08 Å². The molecule has 0 radical (unpaired) electrons. The molecule has 0 spiro atoms. The Bertz CT molecular complexity index is 413. The second-order valence-electron chi connectivity index (χ2n) is 3.40. The summed E-state index contributed by atoms with van der Waals surface area (Å²) in [7, 11) is 0. The van der Waals surface area contributed by atoms with Crippen LogP contribution in [0.25, 0.3) is 0 Å².